The van der Waals surface area contributed by atoms with Crippen LogP contribution in [0.2, 0.25) is 0 Å². The Bertz CT molecular complexity index is 351. The summed E-state index contributed by atoms with van der Waals surface area (Å²) in [6, 6.07) is 7.75. The Balaban J connectivity index is 2.56. The van der Waals surface area contributed by atoms with E-state index in [4.69, 9.17) is 10.6 Å². The van der Waals surface area contributed by atoms with Crippen LogP contribution in [-0.4, -0.2) is 12.0 Å². The normalized spacial score (nSPS) is 10.2. The minimum Gasteiger partial charge on any atom is -0.491 e. The van der Waals surface area contributed by atoms with Gasteiger partial charge in [-0.3, -0.25) is 10.2 Å². The number of aryl methyl sites for hydroxylation is 1. The SMILES string of the molecule is CC(C)Oc1cccc(CCC(=O)NN)c1. The first-order valence-electron chi connectivity index (χ1n) is 5.37. The smallest absolute Gasteiger partial charge is 0.234 e. The third-order valence-corrected chi connectivity index (χ3v) is 2.07. The summed E-state index contributed by atoms with van der Waals surface area (Å²) in [5.41, 5.74) is 3.18. The minimum atomic E-state index is -0.157. The molecule has 0 fully saturated rings. The molecule has 4 nitrogen and oxygen atoms in total. The van der Waals surface area contributed by atoms with E-state index in [0.29, 0.717) is 12.8 Å². The summed E-state index contributed by atoms with van der Waals surface area (Å²) in [5.74, 6) is 5.68. The maximum absolute atomic E-state index is 11.0. The Hall–Kier alpha value is -1.55. The second-order valence-corrected chi connectivity index (χ2v) is 3.88. The van der Waals surface area contributed by atoms with Gasteiger partial charge in [-0.05, 0) is 38.0 Å². The molecule has 0 saturated carbocycles. The minimum absolute atomic E-state index is 0.155. The first-order valence-corrected chi connectivity index (χ1v) is 5.37. The average Bonchev–Trinajstić information content (AvgIpc) is 2.25. The van der Waals surface area contributed by atoms with E-state index in [1.165, 1.54) is 0 Å². The lowest BCUT2D eigenvalue weighted by molar-refractivity contribution is -0.121. The predicted octanol–water partition coefficient (Wildman–Crippen LogP) is 1.40. The van der Waals surface area contributed by atoms with E-state index in [-0.39, 0.29) is 12.0 Å². The molecular weight excluding hydrogens is 204 g/mol. The van der Waals surface area contributed by atoms with Crippen molar-refractivity contribution in [3.05, 3.63) is 29.8 Å². The van der Waals surface area contributed by atoms with Gasteiger partial charge in [-0.25, -0.2) is 5.84 Å². The number of hydrogen-bond donors (Lipinski definition) is 2. The molecule has 3 N–H and O–H groups in total. The Morgan fingerprint density at radius 1 is 1.50 bits per heavy atom. The number of amides is 1. The van der Waals surface area contributed by atoms with Crippen molar-refractivity contribution in [3.63, 3.8) is 0 Å². The molecule has 0 aromatic heterocycles. The number of hydrogen-bond acceptors (Lipinski definition) is 3. The molecule has 0 bridgehead atoms. The van der Waals surface area contributed by atoms with Crippen LogP contribution >= 0.6 is 0 Å². The van der Waals surface area contributed by atoms with E-state index < -0.39 is 0 Å². The number of carbonyl (C=O) groups excluding carboxylic acids is 1. The molecule has 0 atom stereocenters. The second kappa shape index (κ2) is 6.12. The van der Waals surface area contributed by atoms with Crippen LogP contribution in [0.5, 0.6) is 5.75 Å². The molecule has 0 spiro atoms. The van der Waals surface area contributed by atoms with E-state index in [9.17, 15) is 4.79 Å². The summed E-state index contributed by atoms with van der Waals surface area (Å²) in [5, 5.41) is 0. The zero-order valence-electron chi connectivity index (χ0n) is 9.69. The van der Waals surface area contributed by atoms with Gasteiger partial charge < -0.3 is 4.74 Å². The second-order valence-electron chi connectivity index (χ2n) is 3.88. The summed E-state index contributed by atoms with van der Waals surface area (Å²) in [6.45, 7) is 3.96. The van der Waals surface area contributed by atoms with Crippen molar-refractivity contribution >= 4 is 5.91 Å². The lowest BCUT2D eigenvalue weighted by Gasteiger charge is -2.10. The lowest BCUT2D eigenvalue weighted by atomic mass is 10.1. The number of hydrazine groups is 1. The molecular formula is C12H18N2O2. The molecule has 0 saturated heterocycles. The predicted molar refractivity (Wildman–Crippen MR) is 62.9 cm³/mol. The summed E-state index contributed by atoms with van der Waals surface area (Å²) in [6.07, 6.45) is 1.21. The van der Waals surface area contributed by atoms with E-state index in [1.54, 1.807) is 0 Å². The molecule has 0 heterocycles. The van der Waals surface area contributed by atoms with Gasteiger partial charge in [0.15, 0.2) is 0 Å². The van der Waals surface area contributed by atoms with Crippen LogP contribution in [0.4, 0.5) is 0 Å². The van der Waals surface area contributed by atoms with E-state index in [2.05, 4.69) is 5.43 Å². The fourth-order valence-corrected chi connectivity index (χ4v) is 1.38. The Kier molecular flexibility index (Phi) is 4.79. The van der Waals surface area contributed by atoms with Gasteiger partial charge in [0, 0.05) is 6.42 Å². The van der Waals surface area contributed by atoms with Crippen LogP contribution in [0.15, 0.2) is 24.3 Å². The highest BCUT2D eigenvalue weighted by molar-refractivity contribution is 5.75. The maximum Gasteiger partial charge on any atom is 0.234 e. The van der Waals surface area contributed by atoms with Crippen molar-refractivity contribution in [1.29, 1.82) is 0 Å². The molecule has 88 valence electrons. The number of carbonyl (C=O) groups is 1. The topological polar surface area (TPSA) is 64.3 Å². The van der Waals surface area contributed by atoms with Gasteiger partial charge >= 0.3 is 0 Å². The van der Waals surface area contributed by atoms with Crippen molar-refractivity contribution in [2.24, 2.45) is 5.84 Å². The number of nitrogens with two attached hydrogens (primary N) is 1. The fraction of sp³-hybridized carbons (Fsp3) is 0.417. The molecule has 0 aliphatic rings. The quantitative estimate of drug-likeness (QED) is 0.449. The van der Waals surface area contributed by atoms with Gasteiger partial charge in [0.1, 0.15) is 5.75 Å². The Labute approximate surface area is 95.8 Å². The van der Waals surface area contributed by atoms with Crippen LogP contribution in [-0.2, 0) is 11.2 Å². The standard InChI is InChI=1S/C12H18N2O2/c1-9(2)16-11-5-3-4-10(8-11)6-7-12(15)14-13/h3-5,8-9H,6-7,13H2,1-2H3,(H,14,15). The van der Waals surface area contributed by atoms with Gasteiger partial charge in [0.25, 0.3) is 0 Å². The number of nitrogens with one attached hydrogen (secondary N) is 1. The number of ether oxygens (including phenoxy) is 1. The van der Waals surface area contributed by atoms with Crippen LogP contribution in [0.1, 0.15) is 25.8 Å². The van der Waals surface area contributed by atoms with Crippen LogP contribution < -0.4 is 16.0 Å². The van der Waals surface area contributed by atoms with Gasteiger partial charge in [0.05, 0.1) is 6.10 Å². The fourth-order valence-electron chi connectivity index (χ4n) is 1.38. The highest BCUT2D eigenvalue weighted by Gasteiger charge is 2.02. The molecule has 0 radical (unpaired) electrons. The summed E-state index contributed by atoms with van der Waals surface area (Å²) < 4.78 is 5.56. The monoisotopic (exact) mass is 222 g/mol. The highest BCUT2D eigenvalue weighted by atomic mass is 16.5. The molecule has 1 amide bonds. The van der Waals surface area contributed by atoms with Crippen molar-refractivity contribution in [3.8, 4) is 5.75 Å². The molecule has 4 heteroatoms. The van der Waals surface area contributed by atoms with Crippen molar-refractivity contribution in [1.82, 2.24) is 5.43 Å². The third kappa shape index (κ3) is 4.31. The van der Waals surface area contributed by atoms with Crippen LogP contribution in [0.25, 0.3) is 0 Å². The van der Waals surface area contributed by atoms with E-state index in [1.807, 2.05) is 38.1 Å². The molecule has 16 heavy (non-hydrogen) atoms. The van der Waals surface area contributed by atoms with Gasteiger partial charge in [-0.2, -0.15) is 0 Å². The zero-order chi connectivity index (χ0) is 12.0. The molecule has 0 unspecified atom stereocenters. The Morgan fingerprint density at radius 2 is 2.25 bits per heavy atom. The van der Waals surface area contributed by atoms with Gasteiger partial charge in [-0.15, -0.1) is 0 Å². The van der Waals surface area contributed by atoms with Crippen LogP contribution in [0.3, 0.4) is 0 Å². The van der Waals surface area contributed by atoms with Crippen molar-refractivity contribution < 1.29 is 9.53 Å². The summed E-state index contributed by atoms with van der Waals surface area (Å²) in [4.78, 5) is 11.0. The highest BCUT2D eigenvalue weighted by Crippen LogP contribution is 2.15. The third-order valence-electron chi connectivity index (χ3n) is 2.07. The maximum atomic E-state index is 11.0. The number of rotatable bonds is 5. The molecule has 1 aromatic carbocycles. The average molecular weight is 222 g/mol. The lowest BCUT2D eigenvalue weighted by Crippen LogP contribution is -2.30. The zero-order valence-corrected chi connectivity index (χ0v) is 9.69. The summed E-state index contributed by atoms with van der Waals surface area (Å²) in [7, 11) is 0. The number of benzene rings is 1. The van der Waals surface area contributed by atoms with Gasteiger partial charge in [0.2, 0.25) is 5.91 Å². The van der Waals surface area contributed by atoms with E-state index in [0.717, 1.165) is 11.3 Å². The Morgan fingerprint density at radius 3 is 2.88 bits per heavy atom. The molecule has 0 aliphatic heterocycles. The van der Waals surface area contributed by atoms with Crippen LogP contribution in [0, 0.1) is 0 Å². The van der Waals surface area contributed by atoms with Gasteiger partial charge in [-0.1, -0.05) is 12.1 Å². The van der Waals surface area contributed by atoms with Crippen molar-refractivity contribution in [2.75, 3.05) is 0 Å². The first-order chi connectivity index (χ1) is 7.61. The van der Waals surface area contributed by atoms with Crippen molar-refractivity contribution in [2.45, 2.75) is 32.8 Å². The molecule has 1 rings (SSSR count). The molecule has 1 aromatic rings. The summed E-state index contributed by atoms with van der Waals surface area (Å²) >= 11 is 0. The van der Waals surface area contributed by atoms with E-state index >= 15 is 0 Å². The molecule has 0 aliphatic carbocycles. The first kappa shape index (κ1) is 12.5. The largest absolute Gasteiger partial charge is 0.491 e.